The summed E-state index contributed by atoms with van der Waals surface area (Å²) in [5.41, 5.74) is 12.9. The van der Waals surface area contributed by atoms with E-state index in [1.807, 2.05) is 60.4 Å². The van der Waals surface area contributed by atoms with Crippen LogP contribution in [0.1, 0.15) is 85.3 Å². The molecular weight excluding hydrogens is 630 g/mol. The van der Waals surface area contributed by atoms with Crippen molar-refractivity contribution in [3.8, 4) is 17.3 Å². The number of hydrogen-bond donors (Lipinski definition) is 2. The Balaban J connectivity index is 1.12. The fourth-order valence-corrected chi connectivity index (χ4v) is 8.00. The molecule has 1 aliphatic carbocycles. The van der Waals surface area contributed by atoms with E-state index < -0.39 is 0 Å². The first-order chi connectivity index (χ1) is 24.1. The van der Waals surface area contributed by atoms with Crippen LogP contribution in [0, 0.1) is 12.8 Å². The Morgan fingerprint density at radius 1 is 1.10 bits per heavy atom. The first kappa shape index (κ1) is 32.2. The molecule has 50 heavy (non-hydrogen) atoms. The third-order valence-corrected chi connectivity index (χ3v) is 11.2. The van der Waals surface area contributed by atoms with Gasteiger partial charge in [0.05, 0.1) is 36.3 Å². The second kappa shape index (κ2) is 12.4. The summed E-state index contributed by atoms with van der Waals surface area (Å²) in [6.07, 6.45) is 8.69. The number of hydrogen-bond acceptors (Lipinski definition) is 7. The van der Waals surface area contributed by atoms with Gasteiger partial charge in [0.15, 0.2) is 5.88 Å². The number of imidazole rings is 1. The lowest BCUT2D eigenvalue weighted by Gasteiger charge is -2.27. The van der Waals surface area contributed by atoms with Crippen molar-refractivity contribution in [3.63, 3.8) is 0 Å². The summed E-state index contributed by atoms with van der Waals surface area (Å²) >= 11 is 0. The van der Waals surface area contributed by atoms with Crippen molar-refractivity contribution in [1.29, 1.82) is 0 Å². The SMILES string of the molecule is COc1cc(C(=O)N2[C@H]3CC[C@@H]2[C@H](N)C3)cc2nc(-c3cc4ccc([C@@H](C)NC(=O)N(C)C(C)c5cccnc5)nc4n3CC3CC3)c(C)n12. The second-order valence-electron chi connectivity index (χ2n) is 14.4. The summed E-state index contributed by atoms with van der Waals surface area (Å²) in [5, 5.41) is 4.14. The molecule has 5 aromatic heterocycles. The van der Waals surface area contributed by atoms with Gasteiger partial charge in [0.25, 0.3) is 5.91 Å². The average molecular weight is 676 g/mol. The lowest BCUT2D eigenvalue weighted by Crippen LogP contribution is -2.40. The topological polar surface area (TPSA) is 136 Å². The number of nitrogens with two attached hydrogens (primary N) is 1. The zero-order valence-corrected chi connectivity index (χ0v) is 29.3. The van der Waals surface area contributed by atoms with Crippen LogP contribution in [0.2, 0.25) is 0 Å². The molecule has 3 amide bonds. The van der Waals surface area contributed by atoms with Gasteiger partial charge in [0.2, 0.25) is 0 Å². The Hall–Kier alpha value is -4.97. The minimum absolute atomic E-state index is 0.00744. The molecule has 0 aromatic carbocycles. The van der Waals surface area contributed by atoms with Crippen molar-refractivity contribution in [2.24, 2.45) is 11.7 Å². The van der Waals surface area contributed by atoms with Crippen molar-refractivity contribution >= 4 is 28.6 Å². The number of aryl methyl sites for hydroxylation is 1. The van der Waals surface area contributed by atoms with E-state index in [1.165, 1.54) is 12.8 Å². The molecule has 2 aliphatic heterocycles. The van der Waals surface area contributed by atoms with Crippen molar-refractivity contribution in [2.45, 2.75) is 89.6 Å². The minimum Gasteiger partial charge on any atom is -0.482 e. The van der Waals surface area contributed by atoms with E-state index in [9.17, 15) is 9.59 Å². The van der Waals surface area contributed by atoms with Crippen molar-refractivity contribution in [3.05, 3.63) is 77.4 Å². The van der Waals surface area contributed by atoms with Gasteiger partial charge in [-0.25, -0.2) is 14.8 Å². The van der Waals surface area contributed by atoms with Gasteiger partial charge in [-0.3, -0.25) is 14.2 Å². The van der Waals surface area contributed by atoms with Crippen molar-refractivity contribution in [1.82, 2.24) is 39.0 Å². The molecule has 3 N–H and O–H groups in total. The molecule has 3 aliphatic rings. The molecule has 5 atom stereocenters. The van der Waals surface area contributed by atoms with Gasteiger partial charge in [-0.05, 0) is 94.7 Å². The normalized spacial score (nSPS) is 21.2. The zero-order valence-electron chi connectivity index (χ0n) is 29.3. The minimum atomic E-state index is -0.319. The summed E-state index contributed by atoms with van der Waals surface area (Å²) in [5.74, 6) is 1.13. The van der Waals surface area contributed by atoms with E-state index in [2.05, 4.69) is 27.0 Å². The molecule has 2 saturated heterocycles. The highest BCUT2D eigenvalue weighted by Crippen LogP contribution is 2.40. The van der Waals surface area contributed by atoms with Crippen molar-refractivity contribution < 1.29 is 14.3 Å². The molecule has 7 heterocycles. The molecule has 12 heteroatoms. The Bertz CT molecular complexity index is 2100. The van der Waals surface area contributed by atoms with Crippen LogP contribution in [-0.2, 0) is 6.54 Å². The van der Waals surface area contributed by atoms with Crippen LogP contribution in [0.15, 0.2) is 54.9 Å². The van der Waals surface area contributed by atoms with Crippen LogP contribution >= 0.6 is 0 Å². The maximum atomic E-state index is 13.8. The van der Waals surface area contributed by atoms with E-state index in [4.69, 9.17) is 20.4 Å². The van der Waals surface area contributed by atoms with Gasteiger partial charge < -0.3 is 30.2 Å². The molecule has 12 nitrogen and oxygen atoms in total. The number of amides is 3. The molecule has 0 spiro atoms. The van der Waals surface area contributed by atoms with Gasteiger partial charge >= 0.3 is 6.03 Å². The molecular formula is C38H45N9O3. The summed E-state index contributed by atoms with van der Waals surface area (Å²) in [6, 6.07) is 13.5. The van der Waals surface area contributed by atoms with E-state index in [1.54, 1.807) is 31.5 Å². The molecule has 8 rings (SSSR count). The number of nitrogens with one attached hydrogen (secondary N) is 1. The van der Waals surface area contributed by atoms with Crippen LogP contribution in [0.4, 0.5) is 4.79 Å². The fourth-order valence-electron chi connectivity index (χ4n) is 8.00. The molecule has 260 valence electrons. The lowest BCUT2D eigenvalue weighted by molar-refractivity contribution is 0.0726. The highest BCUT2D eigenvalue weighted by atomic mass is 16.5. The highest BCUT2D eigenvalue weighted by molar-refractivity contribution is 5.97. The first-order valence-corrected chi connectivity index (χ1v) is 17.7. The van der Waals surface area contributed by atoms with Gasteiger partial charge in [0, 0.05) is 61.1 Å². The number of methoxy groups -OCH3 is 1. The smallest absolute Gasteiger partial charge is 0.318 e. The summed E-state index contributed by atoms with van der Waals surface area (Å²) < 4.78 is 10.1. The van der Waals surface area contributed by atoms with Gasteiger partial charge in [-0.1, -0.05) is 6.07 Å². The van der Waals surface area contributed by atoms with Gasteiger partial charge in [0.1, 0.15) is 17.0 Å². The summed E-state index contributed by atoms with van der Waals surface area (Å²) in [6.45, 7) is 6.81. The number of carbonyl (C=O) groups excluding carboxylic acids is 2. The van der Waals surface area contributed by atoms with E-state index in [0.29, 0.717) is 23.0 Å². The van der Waals surface area contributed by atoms with Crippen LogP contribution in [0.3, 0.4) is 0 Å². The molecule has 1 unspecified atom stereocenters. The molecule has 0 radical (unpaired) electrons. The predicted molar refractivity (Wildman–Crippen MR) is 191 cm³/mol. The van der Waals surface area contributed by atoms with E-state index in [0.717, 1.165) is 65.2 Å². The number of carbonyl (C=O) groups is 2. The van der Waals surface area contributed by atoms with Crippen molar-refractivity contribution in [2.75, 3.05) is 14.2 Å². The Morgan fingerprint density at radius 3 is 2.60 bits per heavy atom. The van der Waals surface area contributed by atoms with Crippen LogP contribution < -0.4 is 15.8 Å². The fraction of sp³-hybridized carbons (Fsp3) is 0.447. The molecule has 2 bridgehead atoms. The lowest BCUT2D eigenvalue weighted by atomic mass is 9.97. The molecule has 5 aromatic rings. The monoisotopic (exact) mass is 675 g/mol. The van der Waals surface area contributed by atoms with E-state index >= 15 is 0 Å². The maximum Gasteiger partial charge on any atom is 0.318 e. The van der Waals surface area contributed by atoms with Crippen LogP contribution in [0.25, 0.3) is 28.1 Å². The largest absolute Gasteiger partial charge is 0.482 e. The molecule has 3 fully saturated rings. The Kier molecular flexibility index (Phi) is 8.01. The first-order valence-electron chi connectivity index (χ1n) is 17.7. The number of aromatic nitrogens is 5. The summed E-state index contributed by atoms with van der Waals surface area (Å²) in [4.78, 5) is 45.3. The van der Waals surface area contributed by atoms with E-state index in [-0.39, 0.29) is 42.1 Å². The third kappa shape index (κ3) is 5.46. The zero-order chi connectivity index (χ0) is 34.8. The quantitative estimate of drug-likeness (QED) is 0.206. The van der Waals surface area contributed by atoms with Gasteiger partial charge in [-0.15, -0.1) is 0 Å². The Labute approximate surface area is 291 Å². The predicted octanol–water partition coefficient (Wildman–Crippen LogP) is 5.64. The third-order valence-electron chi connectivity index (χ3n) is 11.2. The maximum absolute atomic E-state index is 13.8. The standard InChI is InChI=1S/C38H45N9O3/c1-21(41-38(49)44(4)22(2)26-7-6-14-40-19-26)30-12-10-25-15-32(45(36(25)42-30)20-24-8-9-24)35-23(3)46-33(43-35)16-27(17-34(46)50-5)37(48)47-28-11-13-31(47)29(39)18-28/h6-7,10,12,14-17,19,21-22,24,28-29,31H,8-9,11,13,18,20,39H2,1-5H3,(H,41,49)/t21-,22?,28+,29-,31-/m1/s1. The number of urea groups is 1. The number of pyridine rings is 3. The second-order valence-corrected chi connectivity index (χ2v) is 14.4. The van der Waals surface area contributed by atoms with Gasteiger partial charge in [-0.2, -0.15) is 0 Å². The average Bonchev–Trinajstić information content (AvgIpc) is 3.44. The summed E-state index contributed by atoms with van der Waals surface area (Å²) in [7, 11) is 3.42. The van der Waals surface area contributed by atoms with Crippen LogP contribution in [-0.4, -0.2) is 77.9 Å². The number of ether oxygens (including phenoxy) is 1. The number of rotatable bonds is 9. The Morgan fingerprint density at radius 2 is 1.92 bits per heavy atom. The highest BCUT2D eigenvalue weighted by Gasteiger charge is 2.47. The number of nitrogens with zero attached hydrogens (tertiary/aromatic N) is 7. The van der Waals surface area contributed by atoms with Crippen LogP contribution in [0.5, 0.6) is 5.88 Å². The molecule has 1 saturated carbocycles. The number of fused-ring (bicyclic) bond motifs is 4.